The van der Waals surface area contributed by atoms with E-state index in [0.717, 1.165) is 11.1 Å². The summed E-state index contributed by atoms with van der Waals surface area (Å²) in [6.45, 7) is 2.38. The molecule has 0 aliphatic carbocycles. The lowest BCUT2D eigenvalue weighted by molar-refractivity contribution is 0.151. The van der Waals surface area contributed by atoms with Gasteiger partial charge in [-0.1, -0.05) is 12.1 Å². The number of aromatic nitrogens is 2. The SMILES string of the molecule is CCOC(=O)NCc1cccc2[nH]c(=O)[nH]c12. The van der Waals surface area contributed by atoms with E-state index in [1.54, 1.807) is 13.0 Å². The fourth-order valence-corrected chi connectivity index (χ4v) is 1.62. The summed E-state index contributed by atoms with van der Waals surface area (Å²) < 4.78 is 4.75. The normalized spacial score (nSPS) is 10.4. The third-order valence-electron chi connectivity index (χ3n) is 2.34. The van der Waals surface area contributed by atoms with Crippen LogP contribution in [0.3, 0.4) is 0 Å². The molecule has 1 heterocycles. The van der Waals surface area contributed by atoms with E-state index in [9.17, 15) is 9.59 Å². The molecule has 3 N–H and O–H groups in total. The molecule has 17 heavy (non-hydrogen) atoms. The maximum Gasteiger partial charge on any atom is 0.407 e. The molecular weight excluding hydrogens is 222 g/mol. The molecule has 2 aromatic rings. The molecule has 0 unspecified atom stereocenters. The van der Waals surface area contributed by atoms with Crippen LogP contribution in [0.2, 0.25) is 0 Å². The standard InChI is InChI=1S/C11H13N3O3/c1-2-17-11(16)12-6-7-4-3-5-8-9(7)14-10(15)13-8/h3-5H,2,6H2,1H3,(H,12,16)(H2,13,14,15). The molecule has 0 aliphatic rings. The largest absolute Gasteiger partial charge is 0.450 e. The summed E-state index contributed by atoms with van der Waals surface area (Å²) in [5.41, 5.74) is 1.99. The van der Waals surface area contributed by atoms with Gasteiger partial charge in [0.25, 0.3) is 0 Å². The average Bonchev–Trinajstić information content (AvgIpc) is 2.67. The number of aromatic amines is 2. The molecule has 6 heteroatoms. The second-order valence-corrected chi connectivity index (χ2v) is 3.49. The van der Waals surface area contributed by atoms with Crippen LogP contribution in [-0.2, 0) is 11.3 Å². The van der Waals surface area contributed by atoms with Crippen LogP contribution in [0, 0.1) is 0 Å². The van der Waals surface area contributed by atoms with Crippen LogP contribution in [0.4, 0.5) is 4.79 Å². The maximum absolute atomic E-state index is 11.2. The number of para-hydroxylation sites is 1. The number of amides is 1. The summed E-state index contributed by atoms with van der Waals surface area (Å²) in [5, 5.41) is 2.60. The fraction of sp³-hybridized carbons (Fsp3) is 0.273. The molecule has 1 aromatic heterocycles. The molecule has 0 bridgehead atoms. The van der Waals surface area contributed by atoms with Gasteiger partial charge in [0.1, 0.15) is 0 Å². The predicted octanol–water partition coefficient (Wildman–Crippen LogP) is 1.10. The Balaban J connectivity index is 2.18. The summed E-state index contributed by atoms with van der Waals surface area (Å²) in [5.74, 6) is 0. The van der Waals surface area contributed by atoms with Crippen molar-refractivity contribution in [3.05, 3.63) is 34.2 Å². The summed E-state index contributed by atoms with van der Waals surface area (Å²) in [6.07, 6.45) is -0.470. The Morgan fingerprint density at radius 3 is 3.00 bits per heavy atom. The number of ether oxygens (including phenoxy) is 1. The summed E-state index contributed by atoms with van der Waals surface area (Å²) in [6, 6.07) is 5.44. The fourth-order valence-electron chi connectivity index (χ4n) is 1.62. The number of hydrogen-bond acceptors (Lipinski definition) is 3. The quantitative estimate of drug-likeness (QED) is 0.744. The number of nitrogens with one attached hydrogen (secondary N) is 3. The minimum atomic E-state index is -0.470. The molecule has 0 fully saturated rings. The van der Waals surface area contributed by atoms with E-state index >= 15 is 0 Å². The minimum absolute atomic E-state index is 0.261. The van der Waals surface area contributed by atoms with Crippen molar-refractivity contribution in [1.82, 2.24) is 15.3 Å². The van der Waals surface area contributed by atoms with Crippen LogP contribution in [0.15, 0.2) is 23.0 Å². The van der Waals surface area contributed by atoms with Gasteiger partial charge in [0.05, 0.1) is 17.6 Å². The molecule has 1 amide bonds. The van der Waals surface area contributed by atoms with E-state index in [2.05, 4.69) is 15.3 Å². The van der Waals surface area contributed by atoms with Gasteiger partial charge in [-0.3, -0.25) is 0 Å². The third kappa shape index (κ3) is 2.47. The van der Waals surface area contributed by atoms with Crippen LogP contribution in [0.25, 0.3) is 11.0 Å². The van der Waals surface area contributed by atoms with Crippen LogP contribution in [0.5, 0.6) is 0 Å². The van der Waals surface area contributed by atoms with E-state index in [0.29, 0.717) is 18.7 Å². The minimum Gasteiger partial charge on any atom is -0.450 e. The Morgan fingerprint density at radius 1 is 1.41 bits per heavy atom. The van der Waals surface area contributed by atoms with Crippen molar-refractivity contribution < 1.29 is 9.53 Å². The van der Waals surface area contributed by atoms with Crippen LogP contribution >= 0.6 is 0 Å². The van der Waals surface area contributed by atoms with Gasteiger partial charge in [0.2, 0.25) is 0 Å². The van der Waals surface area contributed by atoms with Gasteiger partial charge in [-0.15, -0.1) is 0 Å². The van der Waals surface area contributed by atoms with Crippen molar-refractivity contribution in [1.29, 1.82) is 0 Å². The number of hydrogen-bond donors (Lipinski definition) is 3. The molecule has 2 rings (SSSR count). The molecule has 0 radical (unpaired) electrons. The number of fused-ring (bicyclic) bond motifs is 1. The lowest BCUT2D eigenvalue weighted by Gasteiger charge is -2.05. The Hall–Kier alpha value is -2.24. The first kappa shape index (κ1) is 11.3. The number of H-pyrrole nitrogens is 2. The summed E-state index contributed by atoms with van der Waals surface area (Å²) >= 11 is 0. The summed E-state index contributed by atoms with van der Waals surface area (Å²) in [7, 11) is 0. The second-order valence-electron chi connectivity index (χ2n) is 3.49. The van der Waals surface area contributed by atoms with Crippen molar-refractivity contribution in [3.63, 3.8) is 0 Å². The molecule has 6 nitrogen and oxygen atoms in total. The van der Waals surface area contributed by atoms with Crippen molar-refractivity contribution in [2.75, 3.05) is 6.61 Å². The predicted molar refractivity (Wildman–Crippen MR) is 62.8 cm³/mol. The van der Waals surface area contributed by atoms with Gasteiger partial charge >= 0.3 is 11.8 Å². The second kappa shape index (κ2) is 4.73. The molecular formula is C11H13N3O3. The highest BCUT2D eigenvalue weighted by Gasteiger charge is 2.06. The average molecular weight is 235 g/mol. The molecule has 0 saturated heterocycles. The highest BCUT2D eigenvalue weighted by Crippen LogP contribution is 2.12. The maximum atomic E-state index is 11.2. The number of carbonyl (C=O) groups excluding carboxylic acids is 1. The van der Waals surface area contributed by atoms with Gasteiger partial charge in [-0.2, -0.15) is 0 Å². The molecule has 0 saturated carbocycles. The first-order chi connectivity index (χ1) is 8.20. The van der Waals surface area contributed by atoms with Crippen molar-refractivity contribution in [2.45, 2.75) is 13.5 Å². The zero-order valence-corrected chi connectivity index (χ0v) is 9.37. The van der Waals surface area contributed by atoms with Crippen LogP contribution in [0.1, 0.15) is 12.5 Å². The number of alkyl carbamates (subject to hydrolysis) is 1. The van der Waals surface area contributed by atoms with E-state index in [1.807, 2.05) is 12.1 Å². The molecule has 0 spiro atoms. The molecule has 0 aliphatic heterocycles. The van der Waals surface area contributed by atoms with Gasteiger partial charge < -0.3 is 20.0 Å². The van der Waals surface area contributed by atoms with Crippen molar-refractivity contribution in [3.8, 4) is 0 Å². The number of rotatable bonds is 3. The highest BCUT2D eigenvalue weighted by atomic mass is 16.5. The number of benzene rings is 1. The Bertz CT molecular complexity index is 585. The van der Waals surface area contributed by atoms with E-state index in [1.165, 1.54) is 0 Å². The van der Waals surface area contributed by atoms with Crippen molar-refractivity contribution in [2.24, 2.45) is 0 Å². The van der Waals surface area contributed by atoms with Crippen LogP contribution in [-0.4, -0.2) is 22.7 Å². The highest BCUT2D eigenvalue weighted by molar-refractivity contribution is 5.78. The van der Waals surface area contributed by atoms with Gasteiger partial charge in [0, 0.05) is 6.54 Å². The molecule has 0 atom stereocenters. The Kier molecular flexibility index (Phi) is 3.13. The van der Waals surface area contributed by atoms with E-state index in [4.69, 9.17) is 4.74 Å². The Labute approximate surface area is 97.0 Å². The first-order valence-corrected chi connectivity index (χ1v) is 5.31. The Morgan fingerprint density at radius 2 is 2.24 bits per heavy atom. The monoisotopic (exact) mass is 235 g/mol. The molecule has 1 aromatic carbocycles. The zero-order chi connectivity index (χ0) is 12.3. The van der Waals surface area contributed by atoms with Crippen molar-refractivity contribution >= 4 is 17.1 Å². The first-order valence-electron chi connectivity index (χ1n) is 5.31. The topological polar surface area (TPSA) is 87.0 Å². The van der Waals surface area contributed by atoms with Gasteiger partial charge in [-0.25, -0.2) is 9.59 Å². The van der Waals surface area contributed by atoms with E-state index in [-0.39, 0.29) is 5.69 Å². The zero-order valence-electron chi connectivity index (χ0n) is 9.37. The number of carbonyl (C=O) groups is 1. The molecule has 90 valence electrons. The van der Waals surface area contributed by atoms with Gasteiger partial charge in [-0.05, 0) is 18.6 Å². The summed E-state index contributed by atoms with van der Waals surface area (Å²) in [4.78, 5) is 27.6. The van der Waals surface area contributed by atoms with E-state index < -0.39 is 6.09 Å². The lowest BCUT2D eigenvalue weighted by Crippen LogP contribution is -2.23. The third-order valence-corrected chi connectivity index (χ3v) is 2.34. The van der Waals surface area contributed by atoms with Gasteiger partial charge in [0.15, 0.2) is 0 Å². The lowest BCUT2D eigenvalue weighted by atomic mass is 10.2. The smallest absolute Gasteiger partial charge is 0.407 e. The number of imidazole rings is 1. The van der Waals surface area contributed by atoms with Crippen LogP contribution < -0.4 is 11.0 Å².